The molecule has 3 heterocycles. The minimum Gasteiger partial charge on any atom is -0.261 e. The predicted octanol–water partition coefficient (Wildman–Crippen LogP) is 3.83. The van der Waals surface area contributed by atoms with Crippen molar-refractivity contribution in [1.29, 1.82) is 0 Å². The summed E-state index contributed by atoms with van der Waals surface area (Å²) in [6.07, 6.45) is 4.97. The molecule has 6 heteroatoms. The normalized spacial score (nSPS) is 12.1. The van der Waals surface area contributed by atoms with Crippen molar-refractivity contribution >= 4 is 33.6 Å². The van der Waals surface area contributed by atoms with Crippen molar-refractivity contribution in [2.75, 3.05) is 5.43 Å². The molecular formula is C16H17N5S. The van der Waals surface area contributed by atoms with E-state index in [0.717, 1.165) is 15.9 Å². The van der Waals surface area contributed by atoms with Gasteiger partial charge in [0.2, 0.25) is 0 Å². The highest BCUT2D eigenvalue weighted by molar-refractivity contribution is 7.18. The van der Waals surface area contributed by atoms with Crippen LogP contribution in [0.2, 0.25) is 0 Å². The lowest BCUT2D eigenvalue weighted by atomic mass is 9.94. The Morgan fingerprint density at radius 1 is 1.18 bits per heavy atom. The van der Waals surface area contributed by atoms with Gasteiger partial charge in [0.25, 0.3) is 0 Å². The molecule has 0 aliphatic carbocycles. The Bertz CT molecular complexity index is 802. The van der Waals surface area contributed by atoms with E-state index in [4.69, 9.17) is 0 Å². The number of hydrogen-bond donors (Lipinski definition) is 1. The lowest BCUT2D eigenvalue weighted by Gasteiger charge is -2.14. The van der Waals surface area contributed by atoms with E-state index in [9.17, 15) is 0 Å². The minimum absolute atomic E-state index is 0.0971. The molecule has 0 aromatic carbocycles. The van der Waals surface area contributed by atoms with Gasteiger partial charge in [0.05, 0.1) is 17.3 Å². The van der Waals surface area contributed by atoms with Crippen LogP contribution in [-0.2, 0) is 5.41 Å². The number of thiophene rings is 1. The first kappa shape index (κ1) is 14.6. The largest absolute Gasteiger partial charge is 0.261 e. The number of hydrazone groups is 1. The molecular weight excluding hydrogens is 294 g/mol. The zero-order valence-electron chi connectivity index (χ0n) is 12.7. The zero-order chi connectivity index (χ0) is 15.6. The summed E-state index contributed by atoms with van der Waals surface area (Å²) >= 11 is 1.69. The van der Waals surface area contributed by atoms with Gasteiger partial charge >= 0.3 is 0 Å². The van der Waals surface area contributed by atoms with Gasteiger partial charge in [0.15, 0.2) is 5.82 Å². The Morgan fingerprint density at radius 2 is 2.05 bits per heavy atom. The fourth-order valence-corrected chi connectivity index (χ4v) is 2.98. The van der Waals surface area contributed by atoms with Crippen LogP contribution in [0.5, 0.6) is 0 Å². The van der Waals surface area contributed by atoms with E-state index in [1.165, 1.54) is 4.88 Å². The van der Waals surface area contributed by atoms with E-state index >= 15 is 0 Å². The van der Waals surface area contributed by atoms with Crippen LogP contribution in [0.3, 0.4) is 0 Å². The van der Waals surface area contributed by atoms with Gasteiger partial charge in [-0.05, 0) is 23.6 Å². The van der Waals surface area contributed by atoms with E-state index in [1.807, 2.05) is 18.2 Å². The van der Waals surface area contributed by atoms with Gasteiger partial charge in [-0.25, -0.2) is 9.97 Å². The Kier molecular flexibility index (Phi) is 3.85. The highest BCUT2D eigenvalue weighted by Crippen LogP contribution is 2.35. The quantitative estimate of drug-likeness (QED) is 0.590. The van der Waals surface area contributed by atoms with Gasteiger partial charge < -0.3 is 0 Å². The molecule has 0 spiro atoms. The lowest BCUT2D eigenvalue weighted by molar-refractivity contribution is 0.604. The topological polar surface area (TPSA) is 63.1 Å². The molecule has 0 radical (unpaired) electrons. The molecule has 3 rings (SSSR count). The highest BCUT2D eigenvalue weighted by Gasteiger charge is 2.18. The molecule has 3 aromatic rings. The molecule has 0 unspecified atom stereocenters. The van der Waals surface area contributed by atoms with Crippen LogP contribution in [-0.4, -0.2) is 21.2 Å². The van der Waals surface area contributed by atoms with Crippen molar-refractivity contribution in [2.24, 2.45) is 5.10 Å². The number of anilines is 1. The molecule has 1 N–H and O–H groups in total. The summed E-state index contributed by atoms with van der Waals surface area (Å²) in [6, 6.07) is 7.82. The van der Waals surface area contributed by atoms with Gasteiger partial charge in [-0.2, -0.15) is 5.10 Å². The van der Waals surface area contributed by atoms with Gasteiger partial charge in [-0.1, -0.05) is 26.8 Å². The first-order chi connectivity index (χ1) is 10.5. The maximum atomic E-state index is 4.35. The summed E-state index contributed by atoms with van der Waals surface area (Å²) in [6.45, 7) is 6.58. The van der Waals surface area contributed by atoms with Crippen LogP contribution in [0, 0.1) is 0 Å². The number of rotatable bonds is 3. The SMILES string of the molecule is CC(C)(C)c1cc2c(N/N=C/c3ccccn3)ncnc2s1. The summed E-state index contributed by atoms with van der Waals surface area (Å²) in [4.78, 5) is 15.1. The van der Waals surface area contributed by atoms with Crippen LogP contribution < -0.4 is 5.43 Å². The maximum absolute atomic E-state index is 4.35. The van der Waals surface area contributed by atoms with E-state index < -0.39 is 0 Å². The summed E-state index contributed by atoms with van der Waals surface area (Å²) in [5, 5.41) is 5.21. The molecule has 5 nitrogen and oxygen atoms in total. The first-order valence-corrected chi connectivity index (χ1v) is 7.81. The second-order valence-corrected chi connectivity index (χ2v) is 6.96. The molecule has 0 saturated carbocycles. The van der Waals surface area contributed by atoms with Gasteiger partial charge in [0, 0.05) is 11.1 Å². The maximum Gasteiger partial charge on any atom is 0.158 e. The number of fused-ring (bicyclic) bond motifs is 1. The Labute approximate surface area is 133 Å². The Hall–Kier alpha value is -2.34. The number of nitrogens with one attached hydrogen (secondary N) is 1. The highest BCUT2D eigenvalue weighted by atomic mass is 32.1. The van der Waals surface area contributed by atoms with E-state index in [1.54, 1.807) is 30.1 Å². The molecule has 22 heavy (non-hydrogen) atoms. The second kappa shape index (κ2) is 5.81. The molecule has 0 aliphatic heterocycles. The standard InChI is InChI=1S/C16H17N5S/c1-16(2,3)13-8-12-14(18-10-19-15(12)22-13)21-20-9-11-6-4-5-7-17-11/h4-10H,1-3H3,(H,18,19,21)/b20-9+. The lowest BCUT2D eigenvalue weighted by Crippen LogP contribution is -2.07. The number of aromatic nitrogens is 3. The number of hydrogen-bond acceptors (Lipinski definition) is 6. The van der Waals surface area contributed by atoms with Crippen LogP contribution >= 0.6 is 11.3 Å². The zero-order valence-corrected chi connectivity index (χ0v) is 13.6. The van der Waals surface area contributed by atoms with Crippen LogP contribution in [0.15, 0.2) is 41.9 Å². The number of nitrogens with zero attached hydrogens (tertiary/aromatic N) is 4. The monoisotopic (exact) mass is 311 g/mol. The molecule has 0 aliphatic rings. The van der Waals surface area contributed by atoms with Crippen molar-refractivity contribution in [3.63, 3.8) is 0 Å². The Morgan fingerprint density at radius 3 is 2.77 bits per heavy atom. The molecule has 112 valence electrons. The summed E-state index contributed by atoms with van der Waals surface area (Å²) in [7, 11) is 0. The third kappa shape index (κ3) is 3.12. The predicted molar refractivity (Wildman–Crippen MR) is 91.6 cm³/mol. The second-order valence-electron chi connectivity index (χ2n) is 5.93. The van der Waals surface area contributed by atoms with Gasteiger partial charge in [-0.15, -0.1) is 11.3 Å². The van der Waals surface area contributed by atoms with E-state index in [-0.39, 0.29) is 5.41 Å². The molecule has 0 saturated heterocycles. The molecule has 0 atom stereocenters. The molecule has 3 aromatic heterocycles. The third-order valence-electron chi connectivity index (χ3n) is 3.12. The smallest absolute Gasteiger partial charge is 0.158 e. The number of pyridine rings is 1. The van der Waals surface area contributed by atoms with Crippen molar-refractivity contribution in [2.45, 2.75) is 26.2 Å². The van der Waals surface area contributed by atoms with Crippen LogP contribution in [0.25, 0.3) is 10.2 Å². The van der Waals surface area contributed by atoms with Crippen molar-refractivity contribution in [1.82, 2.24) is 15.0 Å². The molecule has 0 bridgehead atoms. The van der Waals surface area contributed by atoms with Crippen molar-refractivity contribution in [3.8, 4) is 0 Å². The van der Waals surface area contributed by atoms with Gasteiger partial charge in [0.1, 0.15) is 11.2 Å². The first-order valence-electron chi connectivity index (χ1n) is 6.99. The van der Waals surface area contributed by atoms with E-state index in [2.05, 4.69) is 52.3 Å². The van der Waals surface area contributed by atoms with Crippen LogP contribution in [0.4, 0.5) is 5.82 Å². The summed E-state index contributed by atoms with van der Waals surface area (Å²) in [5.74, 6) is 0.712. The minimum atomic E-state index is 0.0971. The average molecular weight is 311 g/mol. The summed E-state index contributed by atoms with van der Waals surface area (Å²) < 4.78 is 0. The van der Waals surface area contributed by atoms with Crippen molar-refractivity contribution in [3.05, 3.63) is 47.4 Å². The average Bonchev–Trinajstić information content (AvgIpc) is 2.93. The van der Waals surface area contributed by atoms with E-state index in [0.29, 0.717) is 5.82 Å². The fourth-order valence-electron chi connectivity index (χ4n) is 1.93. The van der Waals surface area contributed by atoms with Crippen LogP contribution in [0.1, 0.15) is 31.3 Å². The summed E-state index contributed by atoms with van der Waals surface area (Å²) in [5.41, 5.74) is 3.88. The van der Waals surface area contributed by atoms with Crippen molar-refractivity contribution < 1.29 is 0 Å². The third-order valence-corrected chi connectivity index (χ3v) is 4.59. The Balaban J connectivity index is 1.88. The van der Waals surface area contributed by atoms with Gasteiger partial charge in [-0.3, -0.25) is 10.4 Å². The fraction of sp³-hybridized carbons (Fsp3) is 0.250. The molecule has 0 fully saturated rings. The molecule has 0 amide bonds.